The Kier molecular flexibility index (Phi) is 6.36. The molecule has 0 radical (unpaired) electrons. The molecular weight excluding hydrogens is 224 g/mol. The minimum atomic E-state index is 0.562. The third kappa shape index (κ3) is 5.19. The van der Waals surface area contributed by atoms with E-state index in [4.69, 9.17) is 0 Å². The molecule has 1 N–H and O–H groups in total. The summed E-state index contributed by atoms with van der Waals surface area (Å²) in [5, 5.41) is 7.84. The van der Waals surface area contributed by atoms with Crippen molar-refractivity contribution in [3.63, 3.8) is 0 Å². The topological polar surface area (TPSA) is 33.1 Å². The average molecular weight is 252 g/mol. The summed E-state index contributed by atoms with van der Waals surface area (Å²) in [7, 11) is 4.14. The van der Waals surface area contributed by atoms with Gasteiger partial charge in [-0.05, 0) is 25.9 Å². The van der Waals surface area contributed by atoms with E-state index >= 15 is 0 Å². The molecule has 0 bridgehead atoms. The van der Waals surface area contributed by atoms with E-state index in [1.54, 1.807) is 0 Å². The van der Waals surface area contributed by atoms with E-state index in [-0.39, 0.29) is 0 Å². The van der Waals surface area contributed by atoms with Gasteiger partial charge in [-0.15, -0.1) is 0 Å². The third-order valence-corrected chi connectivity index (χ3v) is 3.18. The van der Waals surface area contributed by atoms with Gasteiger partial charge in [0, 0.05) is 37.9 Å². The van der Waals surface area contributed by atoms with Crippen LogP contribution >= 0.6 is 0 Å². The fraction of sp³-hybridized carbons (Fsp3) is 0.786. The quantitative estimate of drug-likeness (QED) is 0.767. The molecule has 1 heterocycles. The van der Waals surface area contributed by atoms with Gasteiger partial charge in [0.25, 0.3) is 0 Å². The lowest BCUT2D eigenvalue weighted by Crippen LogP contribution is -2.43. The van der Waals surface area contributed by atoms with Crippen molar-refractivity contribution in [2.45, 2.75) is 39.8 Å². The molecular formula is C14H28N4. The van der Waals surface area contributed by atoms with Crippen molar-refractivity contribution in [1.82, 2.24) is 20.0 Å². The number of likely N-dealkylation sites (N-methyl/N-ethyl adjacent to an activating group) is 1. The van der Waals surface area contributed by atoms with Crippen LogP contribution in [0.15, 0.2) is 12.4 Å². The molecule has 0 aliphatic rings. The Morgan fingerprint density at radius 2 is 2.17 bits per heavy atom. The molecule has 1 unspecified atom stereocenters. The van der Waals surface area contributed by atoms with E-state index in [0.717, 1.165) is 19.6 Å². The van der Waals surface area contributed by atoms with E-state index in [1.165, 1.54) is 12.0 Å². The van der Waals surface area contributed by atoms with Gasteiger partial charge in [-0.2, -0.15) is 5.10 Å². The molecule has 4 heteroatoms. The number of nitrogens with one attached hydrogen (secondary N) is 1. The maximum atomic E-state index is 4.21. The summed E-state index contributed by atoms with van der Waals surface area (Å²) < 4.78 is 1.86. The maximum Gasteiger partial charge on any atom is 0.0534 e. The lowest BCUT2D eigenvalue weighted by Gasteiger charge is -2.27. The summed E-state index contributed by atoms with van der Waals surface area (Å²) in [4.78, 5) is 2.37. The molecule has 0 amide bonds. The van der Waals surface area contributed by atoms with Gasteiger partial charge in [-0.3, -0.25) is 4.68 Å². The lowest BCUT2D eigenvalue weighted by atomic mass is 10.0. The fourth-order valence-corrected chi connectivity index (χ4v) is 2.11. The summed E-state index contributed by atoms with van der Waals surface area (Å²) in [5.41, 5.74) is 1.28. The van der Waals surface area contributed by atoms with E-state index in [0.29, 0.717) is 12.0 Å². The SMILES string of the molecule is CCCNC(CN(C)Cc1cnn(C)c1)C(C)C. The third-order valence-electron chi connectivity index (χ3n) is 3.18. The standard InChI is InChI=1S/C14H28N4/c1-6-7-15-14(12(2)3)11-17(4)9-13-8-16-18(5)10-13/h8,10,12,14-15H,6-7,9,11H2,1-5H3. The van der Waals surface area contributed by atoms with Crippen LogP contribution in [0.3, 0.4) is 0 Å². The van der Waals surface area contributed by atoms with Crippen LogP contribution in [0.5, 0.6) is 0 Å². The number of hydrogen-bond donors (Lipinski definition) is 1. The smallest absolute Gasteiger partial charge is 0.0534 e. The van der Waals surface area contributed by atoms with Gasteiger partial charge in [-0.1, -0.05) is 20.8 Å². The van der Waals surface area contributed by atoms with Gasteiger partial charge in [0.2, 0.25) is 0 Å². The molecule has 1 aromatic rings. The monoisotopic (exact) mass is 252 g/mol. The van der Waals surface area contributed by atoms with Crippen molar-refractivity contribution < 1.29 is 0 Å². The van der Waals surface area contributed by atoms with E-state index in [9.17, 15) is 0 Å². The second-order valence-electron chi connectivity index (χ2n) is 5.52. The van der Waals surface area contributed by atoms with Gasteiger partial charge < -0.3 is 10.2 Å². The first kappa shape index (κ1) is 15.2. The molecule has 0 aliphatic carbocycles. The number of aromatic nitrogens is 2. The molecule has 1 rings (SSSR count). The molecule has 104 valence electrons. The summed E-state index contributed by atoms with van der Waals surface area (Å²) in [6.45, 7) is 9.92. The van der Waals surface area contributed by atoms with Crippen molar-refractivity contribution in [2.24, 2.45) is 13.0 Å². The highest BCUT2D eigenvalue weighted by molar-refractivity contribution is 5.03. The molecule has 0 aromatic carbocycles. The van der Waals surface area contributed by atoms with Gasteiger partial charge in [0.15, 0.2) is 0 Å². The fourth-order valence-electron chi connectivity index (χ4n) is 2.11. The maximum absolute atomic E-state index is 4.21. The molecule has 18 heavy (non-hydrogen) atoms. The Labute approximate surface area is 111 Å². The largest absolute Gasteiger partial charge is 0.312 e. The minimum absolute atomic E-state index is 0.562. The highest BCUT2D eigenvalue weighted by Gasteiger charge is 2.15. The average Bonchev–Trinajstić information content (AvgIpc) is 2.69. The molecule has 0 saturated carbocycles. The van der Waals surface area contributed by atoms with Crippen LogP contribution in [-0.2, 0) is 13.6 Å². The molecule has 0 aliphatic heterocycles. The van der Waals surface area contributed by atoms with E-state index in [2.05, 4.69) is 49.3 Å². The molecule has 1 aromatic heterocycles. The molecule has 0 spiro atoms. The Morgan fingerprint density at radius 1 is 1.44 bits per heavy atom. The highest BCUT2D eigenvalue weighted by atomic mass is 15.2. The van der Waals surface area contributed by atoms with Crippen LogP contribution in [0.4, 0.5) is 0 Å². The number of aryl methyl sites for hydroxylation is 1. The van der Waals surface area contributed by atoms with Gasteiger partial charge >= 0.3 is 0 Å². The van der Waals surface area contributed by atoms with E-state index in [1.807, 2.05) is 17.9 Å². The molecule has 0 saturated heterocycles. The molecule has 4 nitrogen and oxygen atoms in total. The van der Waals surface area contributed by atoms with Crippen LogP contribution in [0.1, 0.15) is 32.8 Å². The number of rotatable bonds is 8. The van der Waals surface area contributed by atoms with Crippen LogP contribution in [0.25, 0.3) is 0 Å². The highest BCUT2D eigenvalue weighted by Crippen LogP contribution is 2.07. The van der Waals surface area contributed by atoms with Gasteiger partial charge in [0.1, 0.15) is 0 Å². The van der Waals surface area contributed by atoms with Crippen molar-refractivity contribution in [3.05, 3.63) is 18.0 Å². The second kappa shape index (κ2) is 7.54. The van der Waals surface area contributed by atoms with Crippen LogP contribution in [0.2, 0.25) is 0 Å². The second-order valence-corrected chi connectivity index (χ2v) is 5.52. The summed E-state index contributed by atoms with van der Waals surface area (Å²) in [6.07, 6.45) is 5.22. The Bertz CT molecular complexity index is 332. The first-order valence-corrected chi connectivity index (χ1v) is 6.92. The summed E-state index contributed by atoms with van der Waals surface area (Å²) in [5.74, 6) is 0.660. The summed E-state index contributed by atoms with van der Waals surface area (Å²) in [6, 6.07) is 0.562. The predicted octanol–water partition coefficient (Wildman–Crippen LogP) is 1.88. The van der Waals surface area contributed by atoms with Crippen LogP contribution in [0, 0.1) is 5.92 Å². The van der Waals surface area contributed by atoms with Gasteiger partial charge in [0.05, 0.1) is 6.20 Å². The zero-order valence-corrected chi connectivity index (χ0v) is 12.5. The molecule has 1 atom stereocenters. The summed E-state index contributed by atoms with van der Waals surface area (Å²) >= 11 is 0. The predicted molar refractivity (Wildman–Crippen MR) is 76.5 cm³/mol. The molecule has 0 fully saturated rings. The normalized spacial score (nSPS) is 13.5. The first-order valence-electron chi connectivity index (χ1n) is 6.92. The van der Waals surface area contributed by atoms with Crippen LogP contribution in [-0.4, -0.2) is 40.9 Å². The number of nitrogens with zero attached hydrogens (tertiary/aromatic N) is 3. The first-order chi connectivity index (χ1) is 8.52. The van der Waals surface area contributed by atoms with Crippen molar-refractivity contribution in [2.75, 3.05) is 20.1 Å². The number of hydrogen-bond acceptors (Lipinski definition) is 3. The van der Waals surface area contributed by atoms with Crippen molar-refractivity contribution in [3.8, 4) is 0 Å². The van der Waals surface area contributed by atoms with Crippen LogP contribution < -0.4 is 5.32 Å². The zero-order chi connectivity index (χ0) is 13.5. The van der Waals surface area contributed by atoms with E-state index < -0.39 is 0 Å². The Hall–Kier alpha value is -0.870. The van der Waals surface area contributed by atoms with Crippen molar-refractivity contribution in [1.29, 1.82) is 0 Å². The lowest BCUT2D eigenvalue weighted by molar-refractivity contribution is 0.248. The minimum Gasteiger partial charge on any atom is -0.312 e. The zero-order valence-electron chi connectivity index (χ0n) is 12.5. The van der Waals surface area contributed by atoms with Crippen molar-refractivity contribution >= 4 is 0 Å². The van der Waals surface area contributed by atoms with Gasteiger partial charge in [-0.25, -0.2) is 0 Å². The Balaban J connectivity index is 2.42. The Morgan fingerprint density at radius 3 is 2.67 bits per heavy atom.